The summed E-state index contributed by atoms with van der Waals surface area (Å²) in [7, 11) is 0. The molecule has 16 heavy (non-hydrogen) atoms. The molecular weight excluding hydrogens is 208 g/mol. The Labute approximate surface area is 94.8 Å². The van der Waals surface area contributed by atoms with Crippen LogP contribution in [0.15, 0.2) is 0 Å². The fourth-order valence-corrected chi connectivity index (χ4v) is 2.54. The zero-order valence-corrected chi connectivity index (χ0v) is 9.53. The molecule has 5 heteroatoms. The van der Waals surface area contributed by atoms with Crippen molar-refractivity contribution in [2.75, 3.05) is 19.6 Å². The Morgan fingerprint density at radius 3 is 2.69 bits per heavy atom. The second kappa shape index (κ2) is 4.05. The summed E-state index contributed by atoms with van der Waals surface area (Å²) >= 11 is 0. The molecule has 1 atom stereocenters. The van der Waals surface area contributed by atoms with E-state index in [1.807, 2.05) is 6.92 Å². The summed E-state index contributed by atoms with van der Waals surface area (Å²) in [6.45, 7) is 4.03. The van der Waals surface area contributed by atoms with E-state index in [9.17, 15) is 9.59 Å². The Morgan fingerprint density at radius 1 is 1.50 bits per heavy atom. The highest BCUT2D eigenvalue weighted by Gasteiger charge is 2.43. The van der Waals surface area contributed by atoms with Crippen LogP contribution in [0.4, 0.5) is 0 Å². The van der Waals surface area contributed by atoms with Crippen LogP contribution in [0.1, 0.15) is 26.2 Å². The zero-order valence-electron chi connectivity index (χ0n) is 9.53. The molecule has 1 unspecified atom stereocenters. The van der Waals surface area contributed by atoms with E-state index in [-0.39, 0.29) is 18.2 Å². The maximum absolute atomic E-state index is 12.1. The summed E-state index contributed by atoms with van der Waals surface area (Å²) in [5.41, 5.74) is -0.409. The van der Waals surface area contributed by atoms with Crippen LogP contribution in [0, 0.1) is 5.92 Å². The number of nitrogens with zero attached hydrogens (tertiary/aromatic N) is 1. The van der Waals surface area contributed by atoms with Crippen LogP contribution in [0.25, 0.3) is 0 Å². The van der Waals surface area contributed by atoms with E-state index in [1.54, 1.807) is 4.90 Å². The number of rotatable bonds is 3. The van der Waals surface area contributed by atoms with Crippen molar-refractivity contribution in [3.63, 3.8) is 0 Å². The number of aliphatic carboxylic acids is 1. The van der Waals surface area contributed by atoms with Gasteiger partial charge in [-0.05, 0) is 26.3 Å². The second-order valence-electron chi connectivity index (χ2n) is 5.04. The number of amides is 1. The first-order chi connectivity index (χ1) is 7.51. The van der Waals surface area contributed by atoms with Gasteiger partial charge in [0.2, 0.25) is 5.91 Å². The maximum Gasteiger partial charge on any atom is 0.303 e. The van der Waals surface area contributed by atoms with Gasteiger partial charge in [-0.15, -0.1) is 0 Å². The van der Waals surface area contributed by atoms with Crippen LogP contribution in [0.5, 0.6) is 0 Å². The van der Waals surface area contributed by atoms with Gasteiger partial charge >= 0.3 is 5.97 Å². The number of hydrogen-bond donors (Lipinski definition) is 2. The number of hydrogen-bond acceptors (Lipinski definition) is 3. The maximum atomic E-state index is 12.1. The number of carboxylic acid groups (broad SMARTS) is 1. The molecule has 0 aromatic rings. The normalized spacial score (nSPS) is 30.2. The Balaban J connectivity index is 1.83. The molecule has 5 nitrogen and oxygen atoms in total. The van der Waals surface area contributed by atoms with Crippen molar-refractivity contribution < 1.29 is 14.7 Å². The lowest BCUT2D eigenvalue weighted by Crippen LogP contribution is -2.60. The number of likely N-dealkylation sites (tertiary alicyclic amines) is 1. The van der Waals surface area contributed by atoms with Crippen molar-refractivity contribution >= 4 is 11.9 Å². The van der Waals surface area contributed by atoms with Crippen LogP contribution in [0.2, 0.25) is 0 Å². The van der Waals surface area contributed by atoms with Gasteiger partial charge in [0.05, 0.1) is 12.0 Å². The lowest BCUT2D eigenvalue weighted by atomic mass is 9.91. The third-order valence-corrected chi connectivity index (χ3v) is 3.55. The third-order valence-electron chi connectivity index (χ3n) is 3.55. The average molecular weight is 226 g/mol. The molecule has 0 aliphatic carbocycles. The summed E-state index contributed by atoms with van der Waals surface area (Å²) in [5.74, 6) is -0.500. The molecule has 0 spiro atoms. The molecule has 2 N–H and O–H groups in total. The fraction of sp³-hybridized carbons (Fsp3) is 0.818. The number of carboxylic acids is 1. The fourth-order valence-electron chi connectivity index (χ4n) is 2.54. The Kier molecular flexibility index (Phi) is 2.88. The van der Waals surface area contributed by atoms with Crippen molar-refractivity contribution in [3.05, 3.63) is 0 Å². The van der Waals surface area contributed by atoms with Gasteiger partial charge in [0.1, 0.15) is 0 Å². The van der Waals surface area contributed by atoms with Crippen molar-refractivity contribution in [1.82, 2.24) is 10.2 Å². The molecule has 1 amide bonds. The van der Waals surface area contributed by atoms with Gasteiger partial charge < -0.3 is 15.3 Å². The van der Waals surface area contributed by atoms with E-state index in [0.717, 1.165) is 19.4 Å². The lowest BCUT2D eigenvalue weighted by molar-refractivity contribution is -0.148. The van der Waals surface area contributed by atoms with Gasteiger partial charge in [0.25, 0.3) is 0 Å². The molecule has 2 saturated heterocycles. The minimum Gasteiger partial charge on any atom is -0.481 e. The summed E-state index contributed by atoms with van der Waals surface area (Å²) in [6.07, 6.45) is 2.09. The van der Waals surface area contributed by atoms with Crippen LogP contribution in [0.3, 0.4) is 0 Å². The monoisotopic (exact) mass is 226 g/mol. The quantitative estimate of drug-likeness (QED) is 0.714. The average Bonchev–Trinajstić information content (AvgIpc) is 2.58. The molecule has 2 aliphatic heterocycles. The molecule has 0 saturated carbocycles. The SMILES string of the molecule is CC1(C(=O)N2CC(CC(=O)O)C2)CCCN1. The van der Waals surface area contributed by atoms with E-state index < -0.39 is 11.5 Å². The van der Waals surface area contributed by atoms with Crippen molar-refractivity contribution in [2.24, 2.45) is 5.92 Å². The van der Waals surface area contributed by atoms with E-state index in [0.29, 0.717) is 13.1 Å². The van der Waals surface area contributed by atoms with E-state index in [4.69, 9.17) is 5.11 Å². The standard InChI is InChI=1S/C11H18N2O3/c1-11(3-2-4-12-11)10(16)13-6-8(7-13)5-9(14)15/h8,12H,2-7H2,1H3,(H,14,15). The lowest BCUT2D eigenvalue weighted by Gasteiger charge is -2.42. The van der Waals surface area contributed by atoms with Crippen LogP contribution >= 0.6 is 0 Å². The third kappa shape index (κ3) is 2.04. The molecule has 2 aliphatic rings. The van der Waals surface area contributed by atoms with Gasteiger partial charge in [0, 0.05) is 19.0 Å². The first kappa shape index (κ1) is 11.4. The summed E-state index contributed by atoms with van der Waals surface area (Å²) < 4.78 is 0. The Bertz CT molecular complexity index is 304. The molecule has 2 rings (SSSR count). The first-order valence-corrected chi connectivity index (χ1v) is 5.77. The van der Waals surface area contributed by atoms with E-state index in [2.05, 4.69) is 5.32 Å². The molecule has 0 bridgehead atoms. The Hall–Kier alpha value is -1.10. The van der Waals surface area contributed by atoms with Gasteiger partial charge in [-0.2, -0.15) is 0 Å². The molecule has 2 fully saturated rings. The highest BCUT2D eigenvalue weighted by atomic mass is 16.4. The molecule has 0 aromatic carbocycles. The topological polar surface area (TPSA) is 69.6 Å². The van der Waals surface area contributed by atoms with Crippen LogP contribution < -0.4 is 5.32 Å². The molecule has 0 aromatic heterocycles. The summed E-state index contributed by atoms with van der Waals surface area (Å²) in [5, 5.41) is 11.9. The molecular formula is C11H18N2O3. The second-order valence-corrected chi connectivity index (χ2v) is 5.04. The molecule has 0 radical (unpaired) electrons. The predicted molar refractivity (Wildman–Crippen MR) is 58.0 cm³/mol. The van der Waals surface area contributed by atoms with Crippen LogP contribution in [-0.4, -0.2) is 47.1 Å². The van der Waals surface area contributed by atoms with Gasteiger partial charge in [0.15, 0.2) is 0 Å². The summed E-state index contributed by atoms with van der Waals surface area (Å²) in [4.78, 5) is 24.3. The molecule has 2 heterocycles. The summed E-state index contributed by atoms with van der Waals surface area (Å²) in [6, 6.07) is 0. The van der Waals surface area contributed by atoms with Crippen molar-refractivity contribution in [3.8, 4) is 0 Å². The minimum atomic E-state index is -0.776. The van der Waals surface area contributed by atoms with E-state index in [1.165, 1.54) is 0 Å². The number of nitrogens with one attached hydrogen (secondary N) is 1. The zero-order chi connectivity index (χ0) is 11.8. The highest BCUT2D eigenvalue weighted by molar-refractivity contribution is 5.87. The van der Waals surface area contributed by atoms with Crippen molar-refractivity contribution in [2.45, 2.75) is 31.7 Å². The van der Waals surface area contributed by atoms with Crippen LogP contribution in [-0.2, 0) is 9.59 Å². The number of carbonyl (C=O) groups is 2. The van der Waals surface area contributed by atoms with Crippen molar-refractivity contribution in [1.29, 1.82) is 0 Å². The molecule has 90 valence electrons. The van der Waals surface area contributed by atoms with Gasteiger partial charge in [-0.3, -0.25) is 9.59 Å². The predicted octanol–water partition coefficient (Wildman–Crippen LogP) is 0.0616. The van der Waals surface area contributed by atoms with E-state index >= 15 is 0 Å². The van der Waals surface area contributed by atoms with Gasteiger partial charge in [-0.25, -0.2) is 0 Å². The number of carbonyl (C=O) groups excluding carboxylic acids is 1. The Morgan fingerprint density at radius 2 is 2.19 bits per heavy atom. The highest BCUT2D eigenvalue weighted by Crippen LogP contribution is 2.27. The van der Waals surface area contributed by atoms with Gasteiger partial charge in [-0.1, -0.05) is 0 Å². The minimum absolute atomic E-state index is 0.131. The first-order valence-electron chi connectivity index (χ1n) is 5.77. The largest absolute Gasteiger partial charge is 0.481 e. The smallest absolute Gasteiger partial charge is 0.303 e.